The van der Waals surface area contributed by atoms with E-state index in [9.17, 15) is 5.11 Å². The summed E-state index contributed by atoms with van der Waals surface area (Å²) in [7, 11) is 2.02. The largest absolute Gasteiger partial charge is 0.392 e. The molecular formula is C16H28N2O. The molecule has 0 radical (unpaired) electrons. The average Bonchev–Trinajstić information content (AvgIpc) is 2.27. The van der Waals surface area contributed by atoms with Crippen molar-refractivity contribution in [2.45, 2.75) is 40.3 Å². The molecule has 0 aliphatic rings. The zero-order valence-corrected chi connectivity index (χ0v) is 12.9. The number of hydrogen-bond donors (Lipinski definition) is 2. The first kappa shape index (κ1) is 16.0. The highest BCUT2D eigenvalue weighted by Gasteiger charge is 2.07. The number of anilines is 1. The van der Waals surface area contributed by atoms with Crippen LogP contribution in [-0.2, 0) is 6.54 Å². The number of nitrogens with zero attached hydrogens (tertiary/aromatic N) is 1. The van der Waals surface area contributed by atoms with Crippen LogP contribution in [0.15, 0.2) is 18.2 Å². The Morgan fingerprint density at radius 2 is 1.95 bits per heavy atom. The molecule has 1 rings (SSSR count). The first-order chi connectivity index (χ1) is 8.90. The van der Waals surface area contributed by atoms with Crippen LogP contribution in [0.5, 0.6) is 0 Å². The van der Waals surface area contributed by atoms with Gasteiger partial charge in [0.05, 0.1) is 6.10 Å². The van der Waals surface area contributed by atoms with Gasteiger partial charge in [-0.05, 0) is 43.5 Å². The molecule has 0 aliphatic carbocycles. The van der Waals surface area contributed by atoms with E-state index in [0.29, 0.717) is 12.5 Å². The van der Waals surface area contributed by atoms with Gasteiger partial charge in [0, 0.05) is 25.8 Å². The molecule has 2 N–H and O–H groups in total. The van der Waals surface area contributed by atoms with Gasteiger partial charge in [0.25, 0.3) is 0 Å². The van der Waals surface area contributed by atoms with E-state index in [4.69, 9.17) is 0 Å². The Morgan fingerprint density at radius 1 is 1.26 bits per heavy atom. The van der Waals surface area contributed by atoms with Crippen LogP contribution in [0.25, 0.3) is 0 Å². The zero-order valence-electron chi connectivity index (χ0n) is 12.9. The molecule has 0 aromatic heterocycles. The van der Waals surface area contributed by atoms with Gasteiger partial charge in [-0.25, -0.2) is 0 Å². The highest BCUT2D eigenvalue weighted by molar-refractivity contribution is 5.54. The lowest BCUT2D eigenvalue weighted by Gasteiger charge is -2.23. The fourth-order valence-corrected chi connectivity index (χ4v) is 2.26. The summed E-state index contributed by atoms with van der Waals surface area (Å²) in [5, 5.41) is 12.9. The number of aryl methyl sites for hydroxylation is 1. The van der Waals surface area contributed by atoms with Crippen LogP contribution in [-0.4, -0.2) is 31.3 Å². The normalized spacial score (nSPS) is 12.8. The number of benzene rings is 1. The topological polar surface area (TPSA) is 35.5 Å². The summed E-state index contributed by atoms with van der Waals surface area (Å²) >= 11 is 0. The lowest BCUT2D eigenvalue weighted by Crippen LogP contribution is -2.27. The SMILES string of the molecule is Cc1cc(CNCC(C)C)ccc1N(C)CC(C)O. The molecule has 0 heterocycles. The fourth-order valence-electron chi connectivity index (χ4n) is 2.26. The Kier molecular flexibility index (Phi) is 6.32. The average molecular weight is 264 g/mol. The van der Waals surface area contributed by atoms with Crippen LogP contribution < -0.4 is 10.2 Å². The number of likely N-dealkylation sites (N-methyl/N-ethyl adjacent to an activating group) is 1. The molecule has 1 aromatic rings. The predicted molar refractivity (Wildman–Crippen MR) is 82.7 cm³/mol. The van der Waals surface area contributed by atoms with Gasteiger partial charge in [0.1, 0.15) is 0 Å². The molecule has 108 valence electrons. The van der Waals surface area contributed by atoms with E-state index in [1.54, 1.807) is 0 Å². The summed E-state index contributed by atoms with van der Waals surface area (Å²) in [4.78, 5) is 2.10. The maximum Gasteiger partial charge on any atom is 0.0686 e. The van der Waals surface area contributed by atoms with Gasteiger partial charge >= 0.3 is 0 Å². The quantitative estimate of drug-likeness (QED) is 0.794. The van der Waals surface area contributed by atoms with Crippen molar-refractivity contribution >= 4 is 5.69 Å². The van der Waals surface area contributed by atoms with E-state index in [1.165, 1.54) is 16.8 Å². The van der Waals surface area contributed by atoms with Crippen LogP contribution in [0.4, 0.5) is 5.69 Å². The number of aliphatic hydroxyl groups is 1. The second kappa shape index (κ2) is 7.51. The molecule has 3 heteroatoms. The van der Waals surface area contributed by atoms with Crippen molar-refractivity contribution in [3.63, 3.8) is 0 Å². The van der Waals surface area contributed by atoms with Gasteiger partial charge in [-0.3, -0.25) is 0 Å². The number of aliphatic hydroxyl groups excluding tert-OH is 1. The Hall–Kier alpha value is -1.06. The predicted octanol–water partition coefficient (Wildman–Crippen LogP) is 2.56. The monoisotopic (exact) mass is 264 g/mol. The molecule has 0 saturated carbocycles. The van der Waals surface area contributed by atoms with Gasteiger partial charge in [-0.2, -0.15) is 0 Å². The molecule has 0 spiro atoms. The maximum atomic E-state index is 9.45. The van der Waals surface area contributed by atoms with E-state index in [2.05, 4.69) is 49.2 Å². The Morgan fingerprint density at radius 3 is 2.47 bits per heavy atom. The molecule has 3 nitrogen and oxygen atoms in total. The van der Waals surface area contributed by atoms with Crippen molar-refractivity contribution in [1.29, 1.82) is 0 Å². The molecular weight excluding hydrogens is 236 g/mol. The summed E-state index contributed by atoms with van der Waals surface area (Å²) in [5.74, 6) is 0.678. The van der Waals surface area contributed by atoms with Gasteiger partial charge in [-0.1, -0.05) is 26.0 Å². The standard InChI is InChI=1S/C16H28N2O/c1-12(2)9-17-10-15-6-7-16(13(3)8-15)18(5)11-14(4)19/h6-8,12,14,17,19H,9-11H2,1-5H3. The van der Waals surface area contributed by atoms with Crippen molar-refractivity contribution in [3.05, 3.63) is 29.3 Å². The molecule has 0 amide bonds. The summed E-state index contributed by atoms with van der Waals surface area (Å²) < 4.78 is 0. The van der Waals surface area contributed by atoms with E-state index in [1.807, 2.05) is 14.0 Å². The van der Waals surface area contributed by atoms with Gasteiger partial charge in [0.2, 0.25) is 0 Å². The highest BCUT2D eigenvalue weighted by atomic mass is 16.3. The second-order valence-corrected chi connectivity index (χ2v) is 5.88. The van der Waals surface area contributed by atoms with Crippen molar-refractivity contribution in [1.82, 2.24) is 5.32 Å². The minimum atomic E-state index is -0.309. The summed E-state index contributed by atoms with van der Waals surface area (Å²) in [5.41, 5.74) is 3.76. The van der Waals surface area contributed by atoms with Gasteiger partial charge < -0.3 is 15.3 Å². The van der Waals surface area contributed by atoms with Crippen molar-refractivity contribution in [2.75, 3.05) is 25.0 Å². The molecule has 1 unspecified atom stereocenters. The third kappa shape index (κ3) is 5.62. The summed E-state index contributed by atoms with van der Waals surface area (Å²) in [6, 6.07) is 6.53. The van der Waals surface area contributed by atoms with Crippen LogP contribution in [0.2, 0.25) is 0 Å². The molecule has 0 saturated heterocycles. The molecule has 0 fully saturated rings. The molecule has 1 aromatic carbocycles. The van der Waals surface area contributed by atoms with Gasteiger partial charge in [0.15, 0.2) is 0 Å². The third-order valence-corrected chi connectivity index (χ3v) is 3.09. The fraction of sp³-hybridized carbons (Fsp3) is 0.625. The van der Waals surface area contributed by atoms with E-state index in [0.717, 1.165) is 13.1 Å². The van der Waals surface area contributed by atoms with E-state index >= 15 is 0 Å². The van der Waals surface area contributed by atoms with Crippen molar-refractivity contribution in [3.8, 4) is 0 Å². The number of rotatable bonds is 7. The van der Waals surface area contributed by atoms with Crippen molar-refractivity contribution < 1.29 is 5.11 Å². The lowest BCUT2D eigenvalue weighted by atomic mass is 10.1. The first-order valence-electron chi connectivity index (χ1n) is 7.09. The van der Waals surface area contributed by atoms with Crippen LogP contribution in [0.1, 0.15) is 31.9 Å². The molecule has 19 heavy (non-hydrogen) atoms. The maximum absolute atomic E-state index is 9.45. The zero-order chi connectivity index (χ0) is 14.4. The van der Waals surface area contributed by atoms with Crippen LogP contribution in [0.3, 0.4) is 0 Å². The second-order valence-electron chi connectivity index (χ2n) is 5.88. The van der Waals surface area contributed by atoms with Gasteiger partial charge in [-0.15, -0.1) is 0 Å². The summed E-state index contributed by atoms with van der Waals surface area (Å²) in [6.07, 6.45) is -0.309. The third-order valence-electron chi connectivity index (χ3n) is 3.09. The van der Waals surface area contributed by atoms with Crippen LogP contribution in [0, 0.1) is 12.8 Å². The Bertz CT molecular complexity index is 388. The summed E-state index contributed by atoms with van der Waals surface area (Å²) in [6.45, 7) is 11.0. The lowest BCUT2D eigenvalue weighted by molar-refractivity contribution is 0.201. The Labute approximate surface area is 117 Å². The number of hydrogen-bond acceptors (Lipinski definition) is 3. The molecule has 1 atom stereocenters. The smallest absolute Gasteiger partial charge is 0.0686 e. The number of nitrogens with one attached hydrogen (secondary N) is 1. The van der Waals surface area contributed by atoms with E-state index < -0.39 is 0 Å². The van der Waals surface area contributed by atoms with E-state index in [-0.39, 0.29) is 6.10 Å². The van der Waals surface area contributed by atoms with Crippen molar-refractivity contribution in [2.24, 2.45) is 5.92 Å². The van der Waals surface area contributed by atoms with Crippen LogP contribution >= 0.6 is 0 Å². The molecule has 0 bridgehead atoms. The minimum Gasteiger partial charge on any atom is -0.392 e. The molecule has 0 aliphatic heterocycles. The highest BCUT2D eigenvalue weighted by Crippen LogP contribution is 2.20. The minimum absolute atomic E-state index is 0.309. The Balaban J connectivity index is 2.63. The first-order valence-corrected chi connectivity index (χ1v) is 7.09.